The molecule has 0 amide bonds. The average Bonchev–Trinajstić information content (AvgIpc) is 2.50. The van der Waals surface area contributed by atoms with E-state index >= 15 is 0 Å². The molecule has 1 aromatic rings. The maximum absolute atomic E-state index is 11.1. The van der Waals surface area contributed by atoms with Crippen molar-refractivity contribution in [3.05, 3.63) is 70.6 Å². The predicted octanol–water partition coefficient (Wildman–Crippen LogP) is 4.40. The van der Waals surface area contributed by atoms with E-state index in [0.29, 0.717) is 0 Å². The van der Waals surface area contributed by atoms with Crippen LogP contribution in [0, 0.1) is 6.07 Å². The van der Waals surface area contributed by atoms with Gasteiger partial charge in [0.1, 0.15) is 0 Å². The van der Waals surface area contributed by atoms with Crippen molar-refractivity contribution < 1.29 is 9.90 Å². The summed E-state index contributed by atoms with van der Waals surface area (Å²) in [6.07, 6.45) is 10.3. The zero-order valence-corrected chi connectivity index (χ0v) is 12.2. The summed E-state index contributed by atoms with van der Waals surface area (Å²) < 4.78 is 0. The van der Waals surface area contributed by atoms with Crippen LogP contribution in [0.1, 0.15) is 25.3 Å². The molecule has 0 spiro atoms. The van der Waals surface area contributed by atoms with Gasteiger partial charge in [-0.15, -0.1) is 0 Å². The number of aliphatic carboxylic acids is 1. The second-order valence-corrected chi connectivity index (χ2v) is 4.39. The quantitative estimate of drug-likeness (QED) is 0.363. The van der Waals surface area contributed by atoms with Crippen LogP contribution in [-0.2, 0) is 4.79 Å². The van der Waals surface area contributed by atoms with Gasteiger partial charge in [-0.1, -0.05) is 48.2 Å². The summed E-state index contributed by atoms with van der Waals surface area (Å²) >= 11 is 0. The van der Waals surface area contributed by atoms with Gasteiger partial charge in [0.15, 0.2) is 0 Å². The number of hydrogen-bond acceptors (Lipinski definition) is 1. The van der Waals surface area contributed by atoms with Gasteiger partial charge in [0.2, 0.25) is 0 Å². The van der Waals surface area contributed by atoms with Crippen molar-refractivity contribution in [2.75, 3.05) is 6.54 Å². The highest BCUT2D eigenvalue weighted by atomic mass is 16.4. The molecule has 0 aromatic heterocycles. The molecule has 108 valence electrons. The average molecular weight is 282 g/mol. The van der Waals surface area contributed by atoms with Crippen molar-refractivity contribution in [1.29, 1.82) is 0 Å². The van der Waals surface area contributed by atoms with E-state index in [1.54, 1.807) is 24.3 Å². The highest BCUT2D eigenvalue weighted by Crippen LogP contribution is 2.05. The molecule has 0 unspecified atom stereocenters. The van der Waals surface area contributed by atoms with Gasteiger partial charge < -0.3 is 5.11 Å². The molecule has 0 aliphatic rings. The smallest absolute Gasteiger partial charge is 0.335 e. The summed E-state index contributed by atoms with van der Waals surface area (Å²) in [6, 6.07) is 12.3. The van der Waals surface area contributed by atoms with Crippen molar-refractivity contribution in [2.24, 2.45) is 0 Å². The SMILES string of the molecule is CCCC[N+]#CC=CC=C(C=Cc1ccccc1)C(=O)O. The number of hydrogen-bond donors (Lipinski definition) is 1. The number of allylic oxidation sites excluding steroid dienone is 3. The lowest BCUT2D eigenvalue weighted by Gasteiger charge is -1.93. The van der Waals surface area contributed by atoms with Crippen molar-refractivity contribution in [1.82, 2.24) is 0 Å². The first kappa shape index (κ1) is 16.5. The Labute approximate surface area is 125 Å². The fraction of sp³-hybridized carbons (Fsp3) is 0.222. The fourth-order valence-electron chi connectivity index (χ4n) is 1.50. The molecule has 0 heterocycles. The van der Waals surface area contributed by atoms with Gasteiger partial charge >= 0.3 is 12.0 Å². The summed E-state index contributed by atoms with van der Waals surface area (Å²) in [5, 5.41) is 9.13. The standard InChI is InChI=1S/C18H19NO2/c1-2-3-14-19-15-8-7-11-17(18(20)21)13-12-16-9-5-4-6-10-16/h4-13H,2-3,14H2,1H3/p+1. The molecular weight excluding hydrogens is 262 g/mol. The highest BCUT2D eigenvalue weighted by molar-refractivity contribution is 5.91. The van der Waals surface area contributed by atoms with Crippen molar-refractivity contribution in [3.63, 3.8) is 0 Å². The lowest BCUT2D eigenvalue weighted by atomic mass is 10.1. The van der Waals surface area contributed by atoms with Gasteiger partial charge in [-0.25, -0.2) is 4.79 Å². The second kappa shape index (κ2) is 10.2. The van der Waals surface area contributed by atoms with Crippen LogP contribution in [0.3, 0.4) is 0 Å². The number of benzene rings is 1. The molecule has 0 aliphatic carbocycles. The van der Waals surface area contributed by atoms with Gasteiger partial charge in [0.25, 0.3) is 6.54 Å². The van der Waals surface area contributed by atoms with E-state index in [-0.39, 0.29) is 5.57 Å². The van der Waals surface area contributed by atoms with Crippen LogP contribution >= 0.6 is 0 Å². The molecule has 1 rings (SSSR count). The van der Waals surface area contributed by atoms with E-state index in [4.69, 9.17) is 5.11 Å². The molecule has 1 N–H and O–H groups in total. The summed E-state index contributed by atoms with van der Waals surface area (Å²) in [7, 11) is 0. The Morgan fingerprint density at radius 3 is 2.76 bits per heavy atom. The molecule has 0 saturated carbocycles. The largest absolute Gasteiger partial charge is 0.478 e. The Bertz CT molecular complexity index is 587. The molecule has 0 bridgehead atoms. The normalized spacial score (nSPS) is 11.6. The monoisotopic (exact) mass is 282 g/mol. The number of nitrogens with zero attached hydrogens (tertiary/aromatic N) is 1. The Balaban J connectivity index is 2.66. The lowest BCUT2D eigenvalue weighted by Crippen LogP contribution is -1.96. The summed E-state index contributed by atoms with van der Waals surface area (Å²) in [5.74, 6) is -0.963. The Hall–Kier alpha value is -2.60. The van der Waals surface area contributed by atoms with Crippen LogP contribution in [0.2, 0.25) is 0 Å². The minimum atomic E-state index is -0.963. The van der Waals surface area contributed by atoms with E-state index in [1.807, 2.05) is 30.3 Å². The van der Waals surface area contributed by atoms with Crippen LogP contribution in [0.5, 0.6) is 0 Å². The summed E-state index contributed by atoms with van der Waals surface area (Å²) in [5.41, 5.74) is 1.17. The minimum Gasteiger partial charge on any atom is -0.478 e. The molecule has 3 nitrogen and oxygen atoms in total. The van der Waals surface area contributed by atoms with Crippen LogP contribution in [-0.4, -0.2) is 17.6 Å². The third kappa shape index (κ3) is 7.54. The van der Waals surface area contributed by atoms with Gasteiger partial charge in [0, 0.05) is 6.42 Å². The molecule has 0 aliphatic heterocycles. The van der Waals surface area contributed by atoms with Crippen molar-refractivity contribution >= 4 is 12.0 Å². The van der Waals surface area contributed by atoms with Crippen LogP contribution in [0.15, 0.2) is 60.2 Å². The van der Waals surface area contributed by atoms with Gasteiger partial charge in [-0.05, 0) is 30.2 Å². The van der Waals surface area contributed by atoms with E-state index in [0.717, 1.165) is 24.9 Å². The van der Waals surface area contributed by atoms with Crippen molar-refractivity contribution in [3.8, 4) is 6.07 Å². The lowest BCUT2D eigenvalue weighted by molar-refractivity contribution is -0.132. The molecule has 1 aromatic carbocycles. The Kier molecular flexibility index (Phi) is 8.01. The molecule has 0 fully saturated rings. The minimum absolute atomic E-state index is 0.213. The van der Waals surface area contributed by atoms with Crippen molar-refractivity contribution in [2.45, 2.75) is 19.8 Å². The summed E-state index contributed by atoms with van der Waals surface area (Å²) in [6.45, 7) is 2.86. The van der Waals surface area contributed by atoms with E-state index in [9.17, 15) is 4.79 Å². The zero-order valence-electron chi connectivity index (χ0n) is 12.2. The molecule has 0 radical (unpaired) electrons. The molecular formula is C18H20NO2+. The first-order chi connectivity index (χ1) is 10.2. The van der Waals surface area contributed by atoms with E-state index in [2.05, 4.69) is 17.8 Å². The van der Waals surface area contributed by atoms with Gasteiger partial charge in [-0.2, -0.15) is 0 Å². The predicted molar refractivity (Wildman–Crippen MR) is 87.4 cm³/mol. The second-order valence-electron chi connectivity index (χ2n) is 4.39. The Morgan fingerprint density at radius 2 is 2.10 bits per heavy atom. The molecule has 3 heteroatoms. The van der Waals surface area contributed by atoms with Gasteiger partial charge in [0.05, 0.1) is 11.6 Å². The first-order valence-electron chi connectivity index (χ1n) is 6.99. The van der Waals surface area contributed by atoms with Crippen LogP contribution in [0.25, 0.3) is 10.9 Å². The van der Waals surface area contributed by atoms with Crippen LogP contribution < -0.4 is 0 Å². The molecule has 0 atom stereocenters. The molecule has 0 saturated heterocycles. The molecule has 21 heavy (non-hydrogen) atoms. The first-order valence-corrected chi connectivity index (χ1v) is 6.99. The number of carbonyl (C=O) groups is 1. The number of carboxylic acid groups (broad SMARTS) is 1. The maximum Gasteiger partial charge on any atom is 0.335 e. The zero-order chi connectivity index (χ0) is 15.3. The third-order valence-corrected chi connectivity index (χ3v) is 2.66. The number of carboxylic acids is 1. The van der Waals surface area contributed by atoms with Crippen LogP contribution in [0.4, 0.5) is 0 Å². The van der Waals surface area contributed by atoms with E-state index in [1.165, 1.54) is 6.08 Å². The maximum atomic E-state index is 11.1. The highest BCUT2D eigenvalue weighted by Gasteiger charge is 2.00. The third-order valence-electron chi connectivity index (χ3n) is 2.66. The Morgan fingerprint density at radius 1 is 1.33 bits per heavy atom. The topological polar surface area (TPSA) is 41.7 Å². The van der Waals surface area contributed by atoms with Gasteiger partial charge in [-0.3, -0.25) is 0 Å². The fourth-order valence-corrected chi connectivity index (χ4v) is 1.50. The van der Waals surface area contributed by atoms with E-state index < -0.39 is 5.97 Å². The number of unbranched alkanes of at least 4 members (excludes halogenated alkanes) is 1. The summed E-state index contributed by atoms with van der Waals surface area (Å²) in [4.78, 5) is 15.2. The number of rotatable bonds is 6.